The summed E-state index contributed by atoms with van der Waals surface area (Å²) in [6.45, 7) is -0.0681. The molecule has 0 aliphatic carbocycles. The number of aromatic hydroxyl groups is 2. The lowest BCUT2D eigenvalue weighted by atomic mass is 10.1. The number of carbonyl (C=O) groups is 2. The van der Waals surface area contributed by atoms with Crippen molar-refractivity contribution in [2.45, 2.75) is 12.5 Å². The van der Waals surface area contributed by atoms with Crippen LogP contribution in [0.2, 0.25) is 0 Å². The highest BCUT2D eigenvalue weighted by molar-refractivity contribution is 5.97. The van der Waals surface area contributed by atoms with Gasteiger partial charge in [0, 0.05) is 13.0 Å². The second kappa shape index (κ2) is 5.87. The Morgan fingerprint density at radius 1 is 1.28 bits per heavy atom. The number of aliphatic hydroxyl groups is 1. The molecule has 98 valence electrons. The summed E-state index contributed by atoms with van der Waals surface area (Å²) >= 11 is 0. The molecule has 1 aromatic carbocycles. The van der Waals surface area contributed by atoms with E-state index in [-0.39, 0.29) is 18.5 Å². The lowest BCUT2D eigenvalue weighted by Gasteiger charge is -2.08. The van der Waals surface area contributed by atoms with Gasteiger partial charge in [0.2, 0.25) is 0 Å². The minimum atomic E-state index is -1.55. The summed E-state index contributed by atoms with van der Waals surface area (Å²) in [7, 11) is 0. The van der Waals surface area contributed by atoms with Gasteiger partial charge in [-0.25, -0.2) is 4.79 Å². The molecule has 0 fully saturated rings. The van der Waals surface area contributed by atoms with Gasteiger partial charge in [0.15, 0.2) is 17.6 Å². The molecule has 0 aliphatic heterocycles. The van der Waals surface area contributed by atoms with Gasteiger partial charge < -0.3 is 25.7 Å². The molecule has 0 spiro atoms. The van der Waals surface area contributed by atoms with Gasteiger partial charge in [0.05, 0.1) is 5.56 Å². The molecule has 1 aromatic rings. The Kier molecular flexibility index (Phi) is 4.50. The Morgan fingerprint density at radius 3 is 2.56 bits per heavy atom. The molecule has 0 saturated carbocycles. The highest BCUT2D eigenvalue weighted by Gasteiger charge is 2.16. The second-order valence-electron chi connectivity index (χ2n) is 3.57. The largest absolute Gasteiger partial charge is 0.504 e. The fraction of sp³-hybridized carbons (Fsp3) is 0.273. The molecule has 0 saturated heterocycles. The smallest absolute Gasteiger partial charge is 0.332 e. The van der Waals surface area contributed by atoms with Crippen molar-refractivity contribution in [1.82, 2.24) is 5.32 Å². The number of carboxylic acid groups (broad SMARTS) is 1. The van der Waals surface area contributed by atoms with E-state index >= 15 is 0 Å². The van der Waals surface area contributed by atoms with Crippen molar-refractivity contribution in [3.8, 4) is 11.5 Å². The van der Waals surface area contributed by atoms with E-state index in [1.54, 1.807) is 0 Å². The molecule has 0 aliphatic rings. The molecular formula is C11H13NO6. The maximum atomic E-state index is 11.6. The van der Waals surface area contributed by atoms with Crippen LogP contribution in [0.25, 0.3) is 0 Å². The van der Waals surface area contributed by atoms with Gasteiger partial charge in [0.1, 0.15) is 0 Å². The van der Waals surface area contributed by atoms with Gasteiger partial charge >= 0.3 is 5.97 Å². The number of phenols is 2. The summed E-state index contributed by atoms with van der Waals surface area (Å²) in [6, 6.07) is 3.91. The Morgan fingerprint density at radius 2 is 1.94 bits per heavy atom. The first-order chi connectivity index (χ1) is 8.43. The van der Waals surface area contributed by atoms with Gasteiger partial charge in [-0.2, -0.15) is 0 Å². The third-order valence-corrected chi connectivity index (χ3v) is 2.25. The number of benzene rings is 1. The molecular weight excluding hydrogens is 242 g/mol. The van der Waals surface area contributed by atoms with E-state index in [0.29, 0.717) is 0 Å². The molecule has 0 bridgehead atoms. The van der Waals surface area contributed by atoms with Crippen molar-refractivity contribution in [2.24, 2.45) is 0 Å². The number of carboxylic acids is 1. The third kappa shape index (κ3) is 3.36. The number of phenolic OH excluding ortho intramolecular Hbond substituents is 2. The summed E-state index contributed by atoms with van der Waals surface area (Å²) in [4.78, 5) is 21.9. The van der Waals surface area contributed by atoms with Gasteiger partial charge in [-0.15, -0.1) is 0 Å². The van der Waals surface area contributed by atoms with Gasteiger partial charge in [-0.1, -0.05) is 6.07 Å². The van der Waals surface area contributed by atoms with Crippen LogP contribution in [0, 0.1) is 0 Å². The van der Waals surface area contributed by atoms with Gasteiger partial charge in [-0.3, -0.25) is 4.79 Å². The summed E-state index contributed by atoms with van der Waals surface area (Å²) < 4.78 is 0. The zero-order valence-electron chi connectivity index (χ0n) is 9.33. The fourth-order valence-electron chi connectivity index (χ4n) is 1.26. The van der Waals surface area contributed by atoms with Crippen LogP contribution in [0.5, 0.6) is 11.5 Å². The summed E-state index contributed by atoms with van der Waals surface area (Å²) in [5.74, 6) is -3.01. The Balaban J connectivity index is 2.56. The van der Waals surface area contributed by atoms with Gasteiger partial charge in [-0.05, 0) is 12.1 Å². The van der Waals surface area contributed by atoms with E-state index in [0.717, 1.165) is 0 Å². The van der Waals surface area contributed by atoms with Crippen LogP contribution in [-0.4, -0.2) is 45.0 Å². The van der Waals surface area contributed by atoms with Crippen molar-refractivity contribution >= 4 is 11.9 Å². The number of rotatable bonds is 5. The molecule has 0 heterocycles. The first-order valence-electron chi connectivity index (χ1n) is 5.13. The van der Waals surface area contributed by atoms with Gasteiger partial charge in [0.25, 0.3) is 5.91 Å². The van der Waals surface area contributed by atoms with Crippen molar-refractivity contribution in [1.29, 1.82) is 0 Å². The molecule has 0 radical (unpaired) electrons. The Bertz CT molecular complexity index is 459. The zero-order chi connectivity index (χ0) is 13.7. The van der Waals surface area contributed by atoms with E-state index in [1.807, 2.05) is 0 Å². The number of nitrogens with one attached hydrogen (secondary N) is 1. The first kappa shape index (κ1) is 13.8. The molecule has 18 heavy (non-hydrogen) atoms. The fourth-order valence-corrected chi connectivity index (χ4v) is 1.26. The van der Waals surface area contributed by atoms with Crippen LogP contribution in [0.3, 0.4) is 0 Å². The average molecular weight is 255 g/mol. The van der Waals surface area contributed by atoms with Crippen molar-refractivity contribution < 1.29 is 30.0 Å². The van der Waals surface area contributed by atoms with E-state index < -0.39 is 29.5 Å². The van der Waals surface area contributed by atoms with Crippen LogP contribution in [0.15, 0.2) is 18.2 Å². The van der Waals surface area contributed by atoms with E-state index in [1.165, 1.54) is 18.2 Å². The van der Waals surface area contributed by atoms with Crippen LogP contribution in [0.4, 0.5) is 0 Å². The zero-order valence-corrected chi connectivity index (χ0v) is 9.33. The predicted octanol–water partition coefficient (Wildman–Crippen LogP) is -0.337. The quantitative estimate of drug-likeness (QED) is 0.458. The highest BCUT2D eigenvalue weighted by Crippen LogP contribution is 2.27. The Labute approximate surface area is 102 Å². The molecule has 1 unspecified atom stereocenters. The lowest BCUT2D eigenvalue weighted by Crippen LogP contribution is -2.30. The van der Waals surface area contributed by atoms with E-state index in [9.17, 15) is 19.8 Å². The lowest BCUT2D eigenvalue weighted by molar-refractivity contribution is -0.146. The standard InChI is InChI=1S/C11H13NO6/c13-7-3-1-2-6(9(7)15)10(16)12-5-4-8(14)11(17)18/h1-3,8,13-15H,4-5H2,(H,12,16)(H,17,18). The normalized spacial score (nSPS) is 11.8. The maximum absolute atomic E-state index is 11.6. The van der Waals surface area contributed by atoms with Crippen LogP contribution in [-0.2, 0) is 4.79 Å². The number of carbonyl (C=O) groups excluding carboxylic acids is 1. The number of hydrogen-bond acceptors (Lipinski definition) is 5. The average Bonchev–Trinajstić information content (AvgIpc) is 2.32. The summed E-state index contributed by atoms with van der Waals surface area (Å²) in [5.41, 5.74) is -0.125. The molecule has 1 amide bonds. The molecule has 0 aromatic heterocycles. The molecule has 7 heteroatoms. The maximum Gasteiger partial charge on any atom is 0.332 e. The van der Waals surface area contributed by atoms with E-state index in [2.05, 4.69) is 5.32 Å². The molecule has 1 rings (SSSR count). The minimum absolute atomic E-state index is 0.0681. The predicted molar refractivity (Wildman–Crippen MR) is 60.4 cm³/mol. The Hall–Kier alpha value is -2.28. The first-order valence-corrected chi connectivity index (χ1v) is 5.13. The van der Waals surface area contributed by atoms with Crippen LogP contribution < -0.4 is 5.32 Å². The van der Waals surface area contributed by atoms with Crippen molar-refractivity contribution in [3.63, 3.8) is 0 Å². The molecule has 1 atom stereocenters. The SMILES string of the molecule is O=C(NCCC(O)C(=O)O)c1cccc(O)c1O. The summed E-state index contributed by atoms with van der Waals surface area (Å²) in [5, 5.41) is 38.3. The molecule has 5 N–H and O–H groups in total. The van der Waals surface area contributed by atoms with Crippen LogP contribution in [0.1, 0.15) is 16.8 Å². The topological polar surface area (TPSA) is 127 Å². The van der Waals surface area contributed by atoms with Crippen molar-refractivity contribution in [3.05, 3.63) is 23.8 Å². The third-order valence-electron chi connectivity index (χ3n) is 2.25. The van der Waals surface area contributed by atoms with Crippen molar-refractivity contribution in [2.75, 3.05) is 6.54 Å². The second-order valence-corrected chi connectivity index (χ2v) is 3.57. The van der Waals surface area contributed by atoms with Crippen LogP contribution >= 0.6 is 0 Å². The van der Waals surface area contributed by atoms with E-state index in [4.69, 9.17) is 10.2 Å². The minimum Gasteiger partial charge on any atom is -0.504 e. The summed E-state index contributed by atoms with van der Waals surface area (Å²) in [6.07, 6.45) is -1.70. The highest BCUT2D eigenvalue weighted by atomic mass is 16.4. The molecule has 7 nitrogen and oxygen atoms in total. The number of hydrogen-bond donors (Lipinski definition) is 5. The number of para-hydroxylation sites is 1. The number of amides is 1. The number of aliphatic carboxylic acids is 1. The monoisotopic (exact) mass is 255 g/mol. The number of aliphatic hydroxyl groups excluding tert-OH is 1.